The number of fused-ring (bicyclic) bond motifs is 7. The summed E-state index contributed by atoms with van der Waals surface area (Å²) < 4.78 is 4.52. The van der Waals surface area contributed by atoms with Crippen molar-refractivity contribution in [2.45, 2.75) is 26.2 Å². The second kappa shape index (κ2) is 12.2. The van der Waals surface area contributed by atoms with E-state index in [1.165, 1.54) is 10.9 Å². The number of benzene rings is 6. The van der Waals surface area contributed by atoms with Gasteiger partial charge in [0.05, 0.1) is 11.0 Å². The molecule has 0 fully saturated rings. The Balaban J connectivity index is 0.00000360. The van der Waals surface area contributed by atoms with E-state index in [4.69, 9.17) is 15.0 Å². The van der Waals surface area contributed by atoms with E-state index < -0.39 is 0 Å². The van der Waals surface area contributed by atoms with Gasteiger partial charge in [-0.25, -0.2) is 9.97 Å². The monoisotopic (exact) mass is 850 g/mol. The van der Waals surface area contributed by atoms with Crippen molar-refractivity contribution in [3.63, 3.8) is 0 Å². The Kier molecular flexibility index (Phi) is 7.53. The Bertz CT molecular complexity index is 2960. The predicted octanol–water partition coefficient (Wildman–Crippen LogP) is 11.2. The van der Waals surface area contributed by atoms with Crippen molar-refractivity contribution >= 4 is 54.6 Å². The molecule has 0 aliphatic carbocycles. The zero-order valence-corrected chi connectivity index (χ0v) is 31.2. The summed E-state index contributed by atoms with van der Waals surface area (Å²) in [7, 11) is 0. The Labute approximate surface area is 315 Å². The molecule has 6 aromatic carbocycles. The number of hydrogen-bond acceptors (Lipinski definition) is 2. The summed E-state index contributed by atoms with van der Waals surface area (Å²) >= 11 is 0. The number of nitrogens with zero attached hydrogens (tertiary/aromatic N) is 5. The number of rotatable bonds is 4. The fourth-order valence-corrected chi connectivity index (χ4v) is 7.61. The van der Waals surface area contributed by atoms with Crippen molar-refractivity contribution < 1.29 is 21.1 Å². The van der Waals surface area contributed by atoms with Crippen LogP contribution in [-0.2, 0) is 26.5 Å². The van der Waals surface area contributed by atoms with Crippen LogP contribution in [0.25, 0.3) is 88.7 Å². The van der Waals surface area contributed by atoms with Crippen molar-refractivity contribution in [1.82, 2.24) is 24.1 Å². The molecule has 4 heterocycles. The number of para-hydroxylation sites is 5. The molecule has 0 N–H and O–H groups in total. The molecule has 0 unspecified atom stereocenters. The minimum Gasteiger partial charge on any atom is -0.656 e. The second-order valence-electron chi connectivity index (χ2n) is 14.2. The minimum absolute atomic E-state index is 0. The number of aromatic nitrogens is 5. The average Bonchev–Trinajstić information content (AvgIpc) is 3.84. The average molecular weight is 851 g/mol. The van der Waals surface area contributed by atoms with Crippen LogP contribution in [0.1, 0.15) is 26.3 Å². The van der Waals surface area contributed by atoms with Gasteiger partial charge in [0.25, 0.3) is 0 Å². The predicted molar refractivity (Wildman–Crippen MR) is 210 cm³/mol. The molecule has 0 radical (unpaired) electrons. The maximum atomic E-state index is 5.48. The molecule has 52 heavy (non-hydrogen) atoms. The summed E-state index contributed by atoms with van der Waals surface area (Å²) in [5, 5.41) is 4.60. The van der Waals surface area contributed by atoms with E-state index in [9.17, 15) is 0 Å². The molecule has 0 aliphatic rings. The SMILES string of the molecule is CC(C)(C)c1ccnc(-n2c3[c-]c(-c4cccc5c4nc(-c4cccc6c4[n-]c4ccccc46)n5-c4ccccc4)ccc3c3ccccc32)c1.[Pt+2]. The van der Waals surface area contributed by atoms with Crippen LogP contribution in [0.4, 0.5) is 0 Å². The number of pyridine rings is 1. The molecule has 252 valence electrons. The first-order chi connectivity index (χ1) is 24.9. The molecule has 6 heteroatoms. The molecule has 10 aromatic rings. The molecular weight excluding hydrogens is 818 g/mol. The van der Waals surface area contributed by atoms with Crippen molar-refractivity contribution in [1.29, 1.82) is 0 Å². The van der Waals surface area contributed by atoms with Crippen LogP contribution in [0.2, 0.25) is 0 Å². The van der Waals surface area contributed by atoms with Crippen LogP contribution in [0.5, 0.6) is 0 Å². The molecule has 0 spiro atoms. The van der Waals surface area contributed by atoms with Crippen molar-refractivity contribution in [2.75, 3.05) is 0 Å². The van der Waals surface area contributed by atoms with Crippen molar-refractivity contribution in [3.8, 4) is 34.0 Å². The number of imidazole rings is 1. The topological polar surface area (TPSA) is 49.7 Å². The van der Waals surface area contributed by atoms with E-state index in [0.717, 1.165) is 83.3 Å². The molecule has 5 nitrogen and oxygen atoms in total. The van der Waals surface area contributed by atoms with Crippen LogP contribution in [0, 0.1) is 6.07 Å². The summed E-state index contributed by atoms with van der Waals surface area (Å²) in [5.41, 5.74) is 11.2. The fraction of sp³-hybridized carbons (Fsp3) is 0.0870. The summed E-state index contributed by atoms with van der Waals surface area (Å²) in [6.07, 6.45) is 1.92. The van der Waals surface area contributed by atoms with E-state index in [2.05, 4.69) is 169 Å². The molecule has 0 saturated heterocycles. The third kappa shape index (κ3) is 4.95. The van der Waals surface area contributed by atoms with Crippen LogP contribution < -0.4 is 4.98 Å². The van der Waals surface area contributed by atoms with Crippen LogP contribution in [0.3, 0.4) is 0 Å². The standard InChI is InChI=1S/C46H33N5.Pt/c1-46(2,3)30-25-26-47-42(28-30)51-39-21-10-8-16-34(39)35-24-23-29(27-41(35)51)32-17-12-22-40-44(32)49-45(50(40)31-13-5-4-6-14-31)37-19-11-18-36-33-15-7-9-20-38(33)48-43(36)37;/h4-26,28H,1-3H3;/q-2;+2. The molecule has 0 amide bonds. The number of hydrogen-bond donors (Lipinski definition) is 0. The summed E-state index contributed by atoms with van der Waals surface area (Å²) in [5.74, 6) is 1.74. The Morgan fingerprint density at radius 3 is 2.17 bits per heavy atom. The quantitative estimate of drug-likeness (QED) is 0.166. The Hall–Kier alpha value is -5.77. The zero-order valence-electron chi connectivity index (χ0n) is 28.9. The first-order valence-corrected chi connectivity index (χ1v) is 17.4. The zero-order chi connectivity index (χ0) is 34.3. The largest absolute Gasteiger partial charge is 2.00 e. The van der Waals surface area contributed by atoms with E-state index in [1.54, 1.807) is 0 Å². The van der Waals surface area contributed by atoms with Gasteiger partial charge in [-0.2, -0.15) is 0 Å². The normalized spacial score (nSPS) is 12.0. The van der Waals surface area contributed by atoms with Gasteiger partial charge < -0.3 is 9.55 Å². The van der Waals surface area contributed by atoms with Crippen LogP contribution in [-0.4, -0.2) is 19.1 Å². The second-order valence-corrected chi connectivity index (χ2v) is 14.2. The summed E-state index contributed by atoms with van der Waals surface area (Å²) in [4.78, 5) is 15.5. The Morgan fingerprint density at radius 2 is 1.33 bits per heavy atom. The molecule has 0 atom stereocenters. The fourth-order valence-electron chi connectivity index (χ4n) is 7.61. The van der Waals surface area contributed by atoms with Gasteiger partial charge in [0.1, 0.15) is 11.6 Å². The van der Waals surface area contributed by atoms with Gasteiger partial charge >= 0.3 is 21.1 Å². The summed E-state index contributed by atoms with van der Waals surface area (Å²) in [6, 6.07) is 52.8. The van der Waals surface area contributed by atoms with Crippen LogP contribution >= 0.6 is 0 Å². The van der Waals surface area contributed by atoms with E-state index in [-0.39, 0.29) is 26.5 Å². The first-order valence-electron chi connectivity index (χ1n) is 17.4. The van der Waals surface area contributed by atoms with E-state index >= 15 is 0 Å². The molecule has 0 bridgehead atoms. The van der Waals surface area contributed by atoms with Gasteiger partial charge in [0.2, 0.25) is 0 Å². The van der Waals surface area contributed by atoms with Crippen molar-refractivity contribution in [3.05, 3.63) is 157 Å². The van der Waals surface area contributed by atoms with Crippen LogP contribution in [0.15, 0.2) is 146 Å². The van der Waals surface area contributed by atoms with Gasteiger partial charge in [-0.1, -0.05) is 123 Å². The molecular formula is C46H33N5Pt. The maximum Gasteiger partial charge on any atom is 2.00 e. The van der Waals surface area contributed by atoms with Gasteiger partial charge in [0, 0.05) is 23.0 Å². The van der Waals surface area contributed by atoms with Gasteiger partial charge in [0.15, 0.2) is 0 Å². The van der Waals surface area contributed by atoms with Gasteiger partial charge in [-0.05, 0) is 69.1 Å². The van der Waals surface area contributed by atoms with E-state index in [0.29, 0.717) is 0 Å². The van der Waals surface area contributed by atoms with Crippen molar-refractivity contribution in [2.24, 2.45) is 0 Å². The first kappa shape index (κ1) is 32.2. The molecule has 4 aromatic heterocycles. The van der Waals surface area contributed by atoms with Gasteiger partial charge in [-0.15, -0.1) is 34.8 Å². The molecule has 0 aliphatic heterocycles. The minimum atomic E-state index is -0.00873. The third-order valence-electron chi connectivity index (χ3n) is 10.1. The maximum absolute atomic E-state index is 5.48. The molecule has 10 rings (SSSR count). The Morgan fingerprint density at radius 1 is 0.615 bits per heavy atom. The van der Waals surface area contributed by atoms with Gasteiger partial charge in [-0.3, -0.25) is 4.57 Å². The summed E-state index contributed by atoms with van der Waals surface area (Å²) in [6.45, 7) is 6.72. The smallest absolute Gasteiger partial charge is 0.656 e. The van der Waals surface area contributed by atoms with E-state index in [1.807, 2.05) is 12.3 Å². The molecule has 0 saturated carbocycles. The third-order valence-corrected chi connectivity index (χ3v) is 10.1.